The van der Waals surface area contributed by atoms with E-state index in [9.17, 15) is 15.0 Å². The van der Waals surface area contributed by atoms with Gasteiger partial charge in [-0.2, -0.15) is 5.10 Å². The van der Waals surface area contributed by atoms with Crippen LogP contribution in [0.15, 0.2) is 30.5 Å². The van der Waals surface area contributed by atoms with E-state index in [1.807, 2.05) is 31.2 Å². The van der Waals surface area contributed by atoms with Gasteiger partial charge in [-0.1, -0.05) is 32.9 Å². The van der Waals surface area contributed by atoms with Gasteiger partial charge in [0.25, 0.3) is 5.91 Å². The number of carbonyl (C=O) groups excluding carboxylic acids is 1. The SMILES string of the molecule is CC(C)c1cccc(-n2cc(O)c(C(=O)N3CCC(C)C(O)C3)n2)c1. The van der Waals surface area contributed by atoms with Crippen molar-refractivity contribution in [3.8, 4) is 11.4 Å². The third kappa shape index (κ3) is 3.54. The van der Waals surface area contributed by atoms with Gasteiger partial charge in [0.2, 0.25) is 0 Å². The lowest BCUT2D eigenvalue weighted by Crippen LogP contribution is -2.46. The molecule has 2 heterocycles. The zero-order valence-electron chi connectivity index (χ0n) is 14.9. The second kappa shape index (κ2) is 6.88. The molecule has 1 saturated heterocycles. The smallest absolute Gasteiger partial charge is 0.278 e. The van der Waals surface area contributed by atoms with E-state index in [-0.39, 0.29) is 29.8 Å². The number of hydrogen-bond donors (Lipinski definition) is 2. The molecule has 1 aliphatic rings. The van der Waals surface area contributed by atoms with E-state index in [0.717, 1.165) is 17.7 Å². The zero-order chi connectivity index (χ0) is 18.1. The summed E-state index contributed by atoms with van der Waals surface area (Å²) in [6.45, 7) is 7.02. The van der Waals surface area contributed by atoms with Gasteiger partial charge < -0.3 is 15.1 Å². The monoisotopic (exact) mass is 343 g/mol. The number of piperidine rings is 1. The molecule has 3 rings (SSSR count). The Morgan fingerprint density at radius 3 is 2.80 bits per heavy atom. The number of benzene rings is 1. The summed E-state index contributed by atoms with van der Waals surface area (Å²) in [5.74, 6) is 0.0614. The molecule has 0 radical (unpaired) electrons. The van der Waals surface area contributed by atoms with Crippen LogP contribution in [0.2, 0.25) is 0 Å². The summed E-state index contributed by atoms with van der Waals surface area (Å²) in [5.41, 5.74) is 1.98. The molecule has 6 nitrogen and oxygen atoms in total. The molecular weight excluding hydrogens is 318 g/mol. The van der Waals surface area contributed by atoms with Crippen molar-refractivity contribution in [1.29, 1.82) is 0 Å². The van der Waals surface area contributed by atoms with Crippen molar-refractivity contribution >= 4 is 5.91 Å². The van der Waals surface area contributed by atoms with E-state index in [4.69, 9.17) is 0 Å². The Morgan fingerprint density at radius 2 is 2.12 bits per heavy atom. The fourth-order valence-corrected chi connectivity index (χ4v) is 3.06. The van der Waals surface area contributed by atoms with Crippen molar-refractivity contribution in [2.45, 2.75) is 39.2 Å². The van der Waals surface area contributed by atoms with Gasteiger partial charge in [0.15, 0.2) is 11.4 Å². The number of carbonyl (C=O) groups is 1. The molecule has 2 aromatic rings. The fourth-order valence-electron chi connectivity index (χ4n) is 3.06. The summed E-state index contributed by atoms with van der Waals surface area (Å²) in [6.07, 6.45) is 1.66. The first-order valence-electron chi connectivity index (χ1n) is 8.73. The normalized spacial score (nSPS) is 20.9. The van der Waals surface area contributed by atoms with Crippen molar-refractivity contribution in [2.75, 3.05) is 13.1 Å². The number of aliphatic hydroxyl groups is 1. The first kappa shape index (κ1) is 17.5. The van der Waals surface area contributed by atoms with Gasteiger partial charge in [-0.25, -0.2) is 4.68 Å². The number of likely N-dealkylation sites (tertiary alicyclic amines) is 1. The molecule has 1 fully saturated rings. The van der Waals surface area contributed by atoms with Crippen LogP contribution in [0.5, 0.6) is 5.75 Å². The van der Waals surface area contributed by atoms with Crippen LogP contribution in [0.4, 0.5) is 0 Å². The minimum atomic E-state index is -0.537. The maximum atomic E-state index is 12.7. The molecule has 2 N–H and O–H groups in total. The lowest BCUT2D eigenvalue weighted by molar-refractivity contribution is 0.0243. The zero-order valence-corrected chi connectivity index (χ0v) is 14.9. The summed E-state index contributed by atoms with van der Waals surface area (Å²) in [7, 11) is 0. The van der Waals surface area contributed by atoms with Crippen molar-refractivity contribution in [2.24, 2.45) is 5.92 Å². The van der Waals surface area contributed by atoms with E-state index in [2.05, 4.69) is 18.9 Å². The minimum Gasteiger partial charge on any atom is -0.504 e. The number of aliphatic hydroxyl groups excluding tert-OH is 1. The number of aromatic nitrogens is 2. The van der Waals surface area contributed by atoms with Crippen LogP contribution in [0.3, 0.4) is 0 Å². The standard InChI is InChI=1S/C19H25N3O3/c1-12(2)14-5-4-6-15(9-14)22-11-17(24)18(20-22)19(25)21-8-7-13(3)16(23)10-21/h4-6,9,11-13,16,23-24H,7-8,10H2,1-3H3. The predicted molar refractivity (Wildman–Crippen MR) is 95.0 cm³/mol. The minimum absolute atomic E-state index is 0.0247. The molecule has 134 valence electrons. The Labute approximate surface area is 147 Å². The van der Waals surface area contributed by atoms with Crippen LogP contribution in [0.1, 0.15) is 49.2 Å². The van der Waals surface area contributed by atoms with Gasteiger partial charge >= 0.3 is 0 Å². The van der Waals surface area contributed by atoms with Crippen molar-refractivity contribution < 1.29 is 15.0 Å². The number of β-amino-alcohol motifs (C(OH)–C–C–N with tert-alkyl or cyclic N) is 1. The average Bonchev–Trinajstić information content (AvgIpc) is 2.98. The summed E-state index contributed by atoms with van der Waals surface area (Å²) in [5, 5.41) is 24.5. The number of hydrogen-bond acceptors (Lipinski definition) is 4. The van der Waals surface area contributed by atoms with Gasteiger partial charge in [0, 0.05) is 13.1 Å². The second-order valence-corrected chi connectivity index (χ2v) is 7.14. The summed E-state index contributed by atoms with van der Waals surface area (Å²) in [4.78, 5) is 14.2. The molecule has 0 saturated carbocycles. The van der Waals surface area contributed by atoms with E-state index in [1.54, 1.807) is 4.90 Å². The third-order valence-electron chi connectivity index (χ3n) is 4.90. The van der Waals surface area contributed by atoms with E-state index < -0.39 is 6.10 Å². The lowest BCUT2D eigenvalue weighted by Gasteiger charge is -2.33. The van der Waals surface area contributed by atoms with Crippen LogP contribution in [-0.4, -0.2) is 50.0 Å². The summed E-state index contributed by atoms with van der Waals surface area (Å²) < 4.78 is 1.53. The Morgan fingerprint density at radius 1 is 1.36 bits per heavy atom. The summed E-state index contributed by atoms with van der Waals surface area (Å²) >= 11 is 0. The molecule has 0 bridgehead atoms. The highest BCUT2D eigenvalue weighted by atomic mass is 16.3. The molecule has 0 spiro atoms. The molecule has 2 unspecified atom stereocenters. The molecule has 6 heteroatoms. The van der Waals surface area contributed by atoms with Crippen molar-refractivity contribution in [1.82, 2.24) is 14.7 Å². The Bertz CT molecular complexity index is 769. The van der Waals surface area contributed by atoms with Crippen LogP contribution in [-0.2, 0) is 0 Å². The van der Waals surface area contributed by atoms with Crippen LogP contribution < -0.4 is 0 Å². The summed E-state index contributed by atoms with van der Waals surface area (Å²) in [6, 6.07) is 7.86. The Kier molecular flexibility index (Phi) is 4.81. The van der Waals surface area contributed by atoms with E-state index in [0.29, 0.717) is 12.5 Å². The van der Waals surface area contributed by atoms with Crippen molar-refractivity contribution in [3.05, 3.63) is 41.7 Å². The Balaban J connectivity index is 1.85. The lowest BCUT2D eigenvalue weighted by atomic mass is 9.96. The van der Waals surface area contributed by atoms with Gasteiger partial charge in [-0.15, -0.1) is 0 Å². The molecule has 1 amide bonds. The molecular formula is C19H25N3O3. The Hall–Kier alpha value is -2.34. The van der Waals surface area contributed by atoms with Crippen LogP contribution >= 0.6 is 0 Å². The maximum Gasteiger partial charge on any atom is 0.278 e. The van der Waals surface area contributed by atoms with Crippen LogP contribution in [0.25, 0.3) is 5.69 Å². The van der Waals surface area contributed by atoms with Crippen LogP contribution in [0, 0.1) is 5.92 Å². The van der Waals surface area contributed by atoms with Gasteiger partial charge in [-0.3, -0.25) is 4.79 Å². The fraction of sp³-hybridized carbons (Fsp3) is 0.474. The van der Waals surface area contributed by atoms with Gasteiger partial charge in [0.05, 0.1) is 18.0 Å². The second-order valence-electron chi connectivity index (χ2n) is 7.14. The highest BCUT2D eigenvalue weighted by Gasteiger charge is 2.30. The third-order valence-corrected chi connectivity index (χ3v) is 4.90. The largest absolute Gasteiger partial charge is 0.504 e. The topological polar surface area (TPSA) is 78.6 Å². The quantitative estimate of drug-likeness (QED) is 0.898. The molecule has 2 atom stereocenters. The molecule has 1 aliphatic heterocycles. The van der Waals surface area contributed by atoms with E-state index >= 15 is 0 Å². The van der Waals surface area contributed by atoms with Gasteiger partial charge in [0.1, 0.15) is 0 Å². The molecule has 25 heavy (non-hydrogen) atoms. The first-order valence-corrected chi connectivity index (χ1v) is 8.73. The highest BCUT2D eigenvalue weighted by Crippen LogP contribution is 2.24. The molecule has 1 aromatic heterocycles. The number of amides is 1. The molecule has 0 aliphatic carbocycles. The average molecular weight is 343 g/mol. The van der Waals surface area contributed by atoms with Gasteiger partial charge in [-0.05, 0) is 36.0 Å². The maximum absolute atomic E-state index is 12.7. The predicted octanol–water partition coefficient (Wildman–Crippen LogP) is 2.54. The number of aromatic hydroxyl groups is 1. The molecule has 1 aromatic carbocycles. The number of rotatable bonds is 3. The van der Waals surface area contributed by atoms with E-state index in [1.165, 1.54) is 10.9 Å². The first-order chi connectivity index (χ1) is 11.9. The number of nitrogens with zero attached hydrogens (tertiary/aromatic N) is 3. The van der Waals surface area contributed by atoms with Crippen molar-refractivity contribution in [3.63, 3.8) is 0 Å². The highest BCUT2D eigenvalue weighted by molar-refractivity contribution is 5.95.